The summed E-state index contributed by atoms with van der Waals surface area (Å²) in [6.07, 6.45) is 0. The van der Waals surface area contributed by atoms with Crippen molar-refractivity contribution < 1.29 is 9.90 Å². The van der Waals surface area contributed by atoms with E-state index in [0.717, 1.165) is 4.90 Å². The Bertz CT molecular complexity index is 560. The van der Waals surface area contributed by atoms with Crippen molar-refractivity contribution in [1.82, 2.24) is 4.98 Å². The van der Waals surface area contributed by atoms with Gasteiger partial charge in [-0.15, -0.1) is 0 Å². The summed E-state index contributed by atoms with van der Waals surface area (Å²) in [4.78, 5) is 15.7. The largest absolute Gasteiger partial charge is 0.477 e. The number of carbonyl (C=O) groups is 1. The fourth-order valence-corrected chi connectivity index (χ4v) is 2.36. The molecule has 0 unspecified atom stereocenters. The first kappa shape index (κ1) is 12.0. The summed E-state index contributed by atoms with van der Waals surface area (Å²) in [6, 6.07) is 12.2. The van der Waals surface area contributed by atoms with Crippen LogP contribution in [0.4, 0.5) is 0 Å². The van der Waals surface area contributed by atoms with Gasteiger partial charge in [0.25, 0.3) is 0 Å². The average Bonchev–Trinajstić information content (AvgIpc) is 2.29. The molecule has 5 heteroatoms. The van der Waals surface area contributed by atoms with Crippen LogP contribution in [-0.2, 0) is 0 Å². The fraction of sp³-hybridized carbons (Fsp3) is 0. The van der Waals surface area contributed by atoms with Crippen molar-refractivity contribution in [2.45, 2.75) is 9.92 Å². The summed E-state index contributed by atoms with van der Waals surface area (Å²) in [5, 5.41) is 10.1. The van der Waals surface area contributed by atoms with Gasteiger partial charge in [-0.3, -0.25) is 0 Å². The highest BCUT2D eigenvalue weighted by Crippen LogP contribution is 2.27. The predicted octanol–water partition coefficient (Wildman–Crippen LogP) is 3.58. The Balaban J connectivity index is 2.24. The van der Waals surface area contributed by atoms with E-state index in [0.29, 0.717) is 10.0 Å². The van der Waals surface area contributed by atoms with Gasteiger partial charge in [-0.1, -0.05) is 35.5 Å². The van der Waals surface area contributed by atoms with Crippen LogP contribution in [0.25, 0.3) is 0 Å². The number of aromatic nitrogens is 1. The first-order valence-corrected chi connectivity index (χ1v) is 5.98. The van der Waals surface area contributed by atoms with Crippen LogP contribution in [0, 0.1) is 0 Å². The fourth-order valence-electron chi connectivity index (χ4n) is 1.24. The molecule has 0 amide bonds. The van der Waals surface area contributed by atoms with Crippen molar-refractivity contribution in [2.75, 3.05) is 0 Å². The minimum absolute atomic E-state index is 0.0389. The van der Waals surface area contributed by atoms with E-state index in [1.54, 1.807) is 24.3 Å². The maximum atomic E-state index is 10.8. The zero-order valence-corrected chi connectivity index (χ0v) is 10.2. The number of nitrogens with zero attached hydrogens (tertiary/aromatic N) is 1. The molecule has 0 aliphatic rings. The van der Waals surface area contributed by atoms with Crippen molar-refractivity contribution in [3.8, 4) is 0 Å². The second-order valence-corrected chi connectivity index (χ2v) is 4.76. The highest BCUT2D eigenvalue weighted by atomic mass is 35.5. The normalized spacial score (nSPS) is 10.2. The van der Waals surface area contributed by atoms with Crippen LogP contribution in [0.15, 0.2) is 52.4 Å². The Hall–Kier alpha value is -1.52. The van der Waals surface area contributed by atoms with Crippen LogP contribution in [0.3, 0.4) is 0 Å². The molecule has 0 saturated heterocycles. The first-order valence-electron chi connectivity index (χ1n) is 4.79. The van der Waals surface area contributed by atoms with Crippen LogP contribution in [-0.4, -0.2) is 16.1 Å². The van der Waals surface area contributed by atoms with Gasteiger partial charge in [-0.2, -0.15) is 0 Å². The first-order chi connectivity index (χ1) is 8.15. The number of rotatable bonds is 3. The number of aromatic carboxylic acids is 1. The van der Waals surface area contributed by atoms with Gasteiger partial charge in [-0.25, -0.2) is 9.78 Å². The van der Waals surface area contributed by atoms with Crippen molar-refractivity contribution in [3.05, 3.63) is 53.2 Å². The van der Waals surface area contributed by atoms with Crippen LogP contribution in [0.1, 0.15) is 10.5 Å². The zero-order chi connectivity index (χ0) is 12.3. The average molecular weight is 266 g/mol. The lowest BCUT2D eigenvalue weighted by Crippen LogP contribution is -1.99. The Labute approximate surface area is 107 Å². The minimum Gasteiger partial charge on any atom is -0.477 e. The molecule has 0 radical (unpaired) electrons. The van der Waals surface area contributed by atoms with E-state index in [-0.39, 0.29) is 5.69 Å². The van der Waals surface area contributed by atoms with Crippen LogP contribution >= 0.6 is 23.4 Å². The molecule has 1 heterocycles. The number of benzene rings is 1. The van der Waals surface area contributed by atoms with Gasteiger partial charge in [0, 0.05) is 9.92 Å². The van der Waals surface area contributed by atoms with Crippen LogP contribution < -0.4 is 0 Å². The van der Waals surface area contributed by atoms with Gasteiger partial charge in [0.2, 0.25) is 0 Å². The summed E-state index contributed by atoms with van der Waals surface area (Å²) < 4.78 is 0. The molecule has 0 atom stereocenters. The molecule has 2 aromatic rings. The maximum absolute atomic E-state index is 10.8. The molecular formula is C12H8ClNO2S. The topological polar surface area (TPSA) is 50.2 Å². The number of hydrogen-bond donors (Lipinski definition) is 1. The monoisotopic (exact) mass is 265 g/mol. The van der Waals surface area contributed by atoms with E-state index in [2.05, 4.69) is 4.98 Å². The second kappa shape index (κ2) is 5.21. The predicted molar refractivity (Wildman–Crippen MR) is 66.8 cm³/mol. The summed E-state index contributed by atoms with van der Waals surface area (Å²) >= 11 is 7.24. The molecule has 3 nitrogen and oxygen atoms in total. The van der Waals surface area contributed by atoms with Gasteiger partial charge in [0.1, 0.15) is 10.7 Å². The summed E-state index contributed by atoms with van der Waals surface area (Å²) in [5.74, 6) is -1.03. The smallest absolute Gasteiger partial charge is 0.354 e. The Morgan fingerprint density at radius 2 is 2.00 bits per heavy atom. The zero-order valence-electron chi connectivity index (χ0n) is 8.63. The van der Waals surface area contributed by atoms with Gasteiger partial charge in [0.15, 0.2) is 0 Å². The molecule has 0 bridgehead atoms. The highest BCUT2D eigenvalue weighted by Gasteiger charge is 2.06. The molecule has 0 aliphatic carbocycles. The maximum Gasteiger partial charge on any atom is 0.354 e. The van der Waals surface area contributed by atoms with Crippen LogP contribution in [0.2, 0.25) is 5.02 Å². The van der Waals surface area contributed by atoms with Gasteiger partial charge in [0.05, 0.1) is 0 Å². The highest BCUT2D eigenvalue weighted by molar-refractivity contribution is 7.99. The van der Waals surface area contributed by atoms with Gasteiger partial charge < -0.3 is 5.11 Å². The summed E-state index contributed by atoms with van der Waals surface area (Å²) in [6.45, 7) is 0. The Morgan fingerprint density at radius 1 is 1.24 bits per heavy atom. The molecule has 0 fully saturated rings. The Kier molecular flexibility index (Phi) is 3.66. The summed E-state index contributed by atoms with van der Waals surface area (Å²) in [7, 11) is 0. The third-order valence-electron chi connectivity index (χ3n) is 1.96. The van der Waals surface area contributed by atoms with E-state index in [4.69, 9.17) is 16.7 Å². The van der Waals surface area contributed by atoms with E-state index in [9.17, 15) is 4.79 Å². The second-order valence-electron chi connectivity index (χ2n) is 3.23. The lowest BCUT2D eigenvalue weighted by atomic mass is 10.4. The number of carboxylic acids is 1. The molecule has 86 valence electrons. The van der Waals surface area contributed by atoms with E-state index < -0.39 is 5.97 Å². The molecule has 0 aliphatic heterocycles. The van der Waals surface area contributed by atoms with Gasteiger partial charge in [-0.05, 0) is 30.3 Å². The van der Waals surface area contributed by atoms with Crippen molar-refractivity contribution in [3.63, 3.8) is 0 Å². The molecule has 0 spiro atoms. The van der Waals surface area contributed by atoms with Crippen molar-refractivity contribution in [1.29, 1.82) is 0 Å². The molecule has 0 saturated carbocycles. The molecule has 1 aromatic heterocycles. The Morgan fingerprint density at radius 3 is 2.71 bits per heavy atom. The van der Waals surface area contributed by atoms with E-state index >= 15 is 0 Å². The van der Waals surface area contributed by atoms with Gasteiger partial charge >= 0.3 is 5.97 Å². The lowest BCUT2D eigenvalue weighted by Gasteiger charge is -2.02. The molecule has 2 rings (SSSR count). The molecule has 1 N–H and O–H groups in total. The summed E-state index contributed by atoms with van der Waals surface area (Å²) in [5.41, 5.74) is 0.0389. The standard InChI is InChI=1S/C12H8ClNO2S/c13-8-3-1-4-9(7-8)17-11-6-2-5-10(14-11)12(15)16/h1-7H,(H,15,16). The number of pyridine rings is 1. The minimum atomic E-state index is -1.03. The van der Waals surface area contributed by atoms with Crippen molar-refractivity contribution in [2.24, 2.45) is 0 Å². The third-order valence-corrected chi connectivity index (χ3v) is 3.12. The van der Waals surface area contributed by atoms with Crippen molar-refractivity contribution >= 4 is 29.3 Å². The number of carboxylic acid groups (broad SMARTS) is 1. The third kappa shape index (κ3) is 3.22. The van der Waals surface area contributed by atoms with E-state index in [1.807, 2.05) is 12.1 Å². The van der Waals surface area contributed by atoms with Crippen LogP contribution in [0.5, 0.6) is 0 Å². The van der Waals surface area contributed by atoms with E-state index in [1.165, 1.54) is 17.8 Å². The molecule has 1 aromatic carbocycles. The molecular weight excluding hydrogens is 258 g/mol. The molecule has 17 heavy (non-hydrogen) atoms. The number of hydrogen-bond acceptors (Lipinski definition) is 3. The quantitative estimate of drug-likeness (QED) is 0.921. The lowest BCUT2D eigenvalue weighted by molar-refractivity contribution is 0.0689. The number of halogens is 1. The SMILES string of the molecule is O=C(O)c1cccc(Sc2cccc(Cl)c2)n1.